The Morgan fingerprint density at radius 2 is 2.11 bits per heavy atom. The van der Waals surface area contributed by atoms with Gasteiger partial charge in [-0.3, -0.25) is 9.69 Å². The van der Waals surface area contributed by atoms with Crippen LogP contribution in [-0.4, -0.2) is 36.5 Å². The van der Waals surface area contributed by atoms with Gasteiger partial charge in [-0.2, -0.15) is 0 Å². The number of benzene rings is 1. The summed E-state index contributed by atoms with van der Waals surface area (Å²) in [5, 5.41) is 0.587. The van der Waals surface area contributed by atoms with Crippen molar-refractivity contribution in [1.29, 1.82) is 0 Å². The topological polar surface area (TPSA) is 55.6 Å². The van der Waals surface area contributed by atoms with Gasteiger partial charge in [0, 0.05) is 12.6 Å². The van der Waals surface area contributed by atoms with Crippen LogP contribution in [0.3, 0.4) is 0 Å². The van der Waals surface area contributed by atoms with Crippen LogP contribution in [0.5, 0.6) is 5.75 Å². The van der Waals surface area contributed by atoms with Gasteiger partial charge in [-0.25, -0.2) is 0 Å². The number of primary amides is 1. The molecule has 0 fully saturated rings. The van der Waals surface area contributed by atoms with Crippen LogP contribution in [0, 0.1) is 0 Å². The van der Waals surface area contributed by atoms with Crippen LogP contribution < -0.4 is 10.5 Å². The first kappa shape index (κ1) is 14.8. The minimum Gasteiger partial charge on any atom is -0.491 e. The number of rotatable bonds is 7. The van der Waals surface area contributed by atoms with Gasteiger partial charge in [0.1, 0.15) is 12.4 Å². The van der Waals surface area contributed by atoms with Crippen molar-refractivity contribution in [1.82, 2.24) is 4.90 Å². The first-order chi connectivity index (χ1) is 8.50. The molecule has 0 aliphatic heterocycles. The molecule has 1 aromatic rings. The molecule has 1 aromatic carbocycles. The predicted molar refractivity (Wildman–Crippen MR) is 72.9 cm³/mol. The zero-order chi connectivity index (χ0) is 13.5. The molecule has 0 saturated carbocycles. The molecule has 1 amide bonds. The second kappa shape index (κ2) is 7.24. The molecule has 0 aliphatic carbocycles. The molecule has 0 unspecified atom stereocenters. The summed E-state index contributed by atoms with van der Waals surface area (Å²) in [7, 11) is 0. The van der Waals surface area contributed by atoms with Crippen molar-refractivity contribution in [2.24, 2.45) is 5.73 Å². The molecule has 5 heteroatoms. The Morgan fingerprint density at radius 1 is 1.44 bits per heavy atom. The van der Waals surface area contributed by atoms with E-state index in [2.05, 4.69) is 0 Å². The van der Waals surface area contributed by atoms with E-state index in [4.69, 9.17) is 22.1 Å². The fraction of sp³-hybridized carbons (Fsp3) is 0.462. The summed E-state index contributed by atoms with van der Waals surface area (Å²) in [4.78, 5) is 12.9. The van der Waals surface area contributed by atoms with Gasteiger partial charge in [0.2, 0.25) is 5.91 Å². The van der Waals surface area contributed by atoms with Gasteiger partial charge >= 0.3 is 0 Å². The van der Waals surface area contributed by atoms with E-state index in [-0.39, 0.29) is 18.5 Å². The summed E-state index contributed by atoms with van der Waals surface area (Å²) in [6, 6.07) is 7.55. The summed E-state index contributed by atoms with van der Waals surface area (Å²) in [5.41, 5.74) is 5.20. The molecule has 2 N–H and O–H groups in total. The lowest BCUT2D eigenvalue weighted by atomic mass is 10.3. The van der Waals surface area contributed by atoms with Gasteiger partial charge < -0.3 is 10.5 Å². The predicted octanol–water partition coefficient (Wildman–Crippen LogP) is 1.91. The Hall–Kier alpha value is -1.26. The van der Waals surface area contributed by atoms with E-state index in [0.29, 0.717) is 23.9 Å². The molecule has 0 bridgehead atoms. The standard InChI is InChI=1S/C13H19ClN2O2/c1-10(2)16(9-13(15)17)7-8-18-12-6-4-3-5-11(12)14/h3-6,10H,7-9H2,1-2H3,(H2,15,17). The highest BCUT2D eigenvalue weighted by molar-refractivity contribution is 6.32. The summed E-state index contributed by atoms with van der Waals surface area (Å²) in [6.07, 6.45) is 0. The first-order valence-corrected chi connectivity index (χ1v) is 6.28. The maximum atomic E-state index is 10.9. The number of nitrogens with two attached hydrogens (primary N) is 1. The smallest absolute Gasteiger partial charge is 0.231 e. The van der Waals surface area contributed by atoms with Gasteiger partial charge in [-0.15, -0.1) is 0 Å². The number of para-hydroxylation sites is 1. The fourth-order valence-electron chi connectivity index (χ4n) is 1.55. The minimum absolute atomic E-state index is 0.240. The SMILES string of the molecule is CC(C)N(CCOc1ccccc1Cl)CC(N)=O. The van der Waals surface area contributed by atoms with Crippen molar-refractivity contribution in [3.05, 3.63) is 29.3 Å². The molecule has 0 spiro atoms. The molecule has 1 rings (SSSR count). The van der Waals surface area contributed by atoms with Crippen LogP contribution in [0.4, 0.5) is 0 Å². The number of nitrogens with zero attached hydrogens (tertiary/aromatic N) is 1. The van der Waals surface area contributed by atoms with Gasteiger partial charge in [-0.05, 0) is 26.0 Å². The Balaban J connectivity index is 2.44. The monoisotopic (exact) mass is 270 g/mol. The number of halogens is 1. The van der Waals surface area contributed by atoms with Crippen LogP contribution in [-0.2, 0) is 4.79 Å². The van der Waals surface area contributed by atoms with Crippen molar-refractivity contribution in [2.75, 3.05) is 19.7 Å². The van der Waals surface area contributed by atoms with E-state index in [1.54, 1.807) is 6.07 Å². The molecular weight excluding hydrogens is 252 g/mol. The summed E-state index contributed by atoms with van der Waals surface area (Å²) in [6.45, 7) is 5.36. The number of carbonyl (C=O) groups excluding carboxylic acids is 1. The quantitative estimate of drug-likeness (QED) is 0.823. The number of ether oxygens (including phenoxy) is 1. The fourth-order valence-corrected chi connectivity index (χ4v) is 1.74. The number of carbonyl (C=O) groups is 1. The van der Waals surface area contributed by atoms with Crippen molar-refractivity contribution in [3.63, 3.8) is 0 Å². The van der Waals surface area contributed by atoms with Crippen LogP contribution in [0.15, 0.2) is 24.3 Å². The molecule has 0 aromatic heterocycles. The average molecular weight is 271 g/mol. The molecule has 100 valence electrons. The summed E-state index contributed by atoms with van der Waals surface area (Å²) in [5.74, 6) is 0.323. The maximum Gasteiger partial charge on any atom is 0.231 e. The van der Waals surface area contributed by atoms with E-state index in [0.717, 1.165) is 0 Å². The van der Waals surface area contributed by atoms with Crippen molar-refractivity contribution in [3.8, 4) is 5.75 Å². The normalized spacial score (nSPS) is 10.9. The van der Waals surface area contributed by atoms with Crippen molar-refractivity contribution < 1.29 is 9.53 Å². The van der Waals surface area contributed by atoms with Gasteiger partial charge in [-0.1, -0.05) is 23.7 Å². The molecule has 18 heavy (non-hydrogen) atoms. The molecule has 0 saturated heterocycles. The first-order valence-electron chi connectivity index (χ1n) is 5.90. The van der Waals surface area contributed by atoms with Crippen LogP contribution in [0.1, 0.15) is 13.8 Å². The average Bonchev–Trinajstić information content (AvgIpc) is 2.29. The lowest BCUT2D eigenvalue weighted by Gasteiger charge is -2.24. The Morgan fingerprint density at radius 3 is 2.67 bits per heavy atom. The lowest BCUT2D eigenvalue weighted by Crippen LogP contribution is -2.40. The van der Waals surface area contributed by atoms with Crippen molar-refractivity contribution in [2.45, 2.75) is 19.9 Å². The van der Waals surface area contributed by atoms with Gasteiger partial charge in [0.15, 0.2) is 0 Å². The minimum atomic E-state index is -0.332. The van der Waals surface area contributed by atoms with E-state index in [9.17, 15) is 4.79 Å². The lowest BCUT2D eigenvalue weighted by molar-refractivity contribution is -0.119. The highest BCUT2D eigenvalue weighted by atomic mass is 35.5. The Labute approximate surface area is 113 Å². The second-order valence-electron chi connectivity index (χ2n) is 4.31. The van der Waals surface area contributed by atoms with Crippen molar-refractivity contribution >= 4 is 17.5 Å². The molecular formula is C13H19ClN2O2. The third kappa shape index (κ3) is 4.94. The number of amides is 1. The third-order valence-electron chi connectivity index (χ3n) is 2.56. The summed E-state index contributed by atoms with van der Waals surface area (Å²) >= 11 is 5.97. The van der Waals surface area contributed by atoms with E-state index in [1.807, 2.05) is 36.9 Å². The second-order valence-corrected chi connectivity index (χ2v) is 4.72. The zero-order valence-corrected chi connectivity index (χ0v) is 11.5. The van der Waals surface area contributed by atoms with E-state index in [1.165, 1.54) is 0 Å². The molecule has 0 radical (unpaired) electrons. The number of hydrogen-bond donors (Lipinski definition) is 1. The van der Waals surface area contributed by atoms with Crippen LogP contribution in [0.2, 0.25) is 5.02 Å². The van der Waals surface area contributed by atoms with Crippen LogP contribution in [0.25, 0.3) is 0 Å². The van der Waals surface area contributed by atoms with Gasteiger partial charge in [0.25, 0.3) is 0 Å². The number of hydrogen-bond acceptors (Lipinski definition) is 3. The molecule has 4 nitrogen and oxygen atoms in total. The van der Waals surface area contributed by atoms with E-state index < -0.39 is 0 Å². The summed E-state index contributed by atoms with van der Waals surface area (Å²) < 4.78 is 5.57. The Bertz CT molecular complexity index is 396. The highest BCUT2D eigenvalue weighted by Crippen LogP contribution is 2.22. The maximum absolute atomic E-state index is 10.9. The van der Waals surface area contributed by atoms with E-state index >= 15 is 0 Å². The van der Waals surface area contributed by atoms with Gasteiger partial charge in [0.05, 0.1) is 11.6 Å². The largest absolute Gasteiger partial charge is 0.491 e. The molecule has 0 heterocycles. The highest BCUT2D eigenvalue weighted by Gasteiger charge is 2.12. The molecule has 0 atom stereocenters. The molecule has 0 aliphatic rings. The Kier molecular flexibility index (Phi) is 5.95. The third-order valence-corrected chi connectivity index (χ3v) is 2.87. The van der Waals surface area contributed by atoms with Crippen LogP contribution >= 0.6 is 11.6 Å². The zero-order valence-electron chi connectivity index (χ0n) is 10.7.